The SMILES string of the molecule is CC(=O)C(C1CCCCC1)C(C)c1ccccc1. The number of Topliss-reactive ketones (excluding diaryl/α,β-unsaturated/α-hetero) is 1. The summed E-state index contributed by atoms with van der Waals surface area (Å²) < 4.78 is 0. The van der Waals surface area contributed by atoms with Gasteiger partial charge in [-0.2, -0.15) is 0 Å². The van der Waals surface area contributed by atoms with Crippen LogP contribution in [0, 0.1) is 11.8 Å². The van der Waals surface area contributed by atoms with E-state index in [1.54, 1.807) is 6.92 Å². The van der Waals surface area contributed by atoms with Crippen LogP contribution < -0.4 is 0 Å². The summed E-state index contributed by atoms with van der Waals surface area (Å²) >= 11 is 0. The Bertz CT molecular complexity index is 376. The van der Waals surface area contributed by atoms with Crippen molar-refractivity contribution in [1.82, 2.24) is 0 Å². The fourth-order valence-electron chi connectivity index (χ4n) is 3.55. The Hall–Kier alpha value is -1.11. The third-order valence-corrected chi connectivity index (χ3v) is 4.49. The molecule has 1 fully saturated rings. The maximum absolute atomic E-state index is 12.1. The van der Waals surface area contributed by atoms with Crippen molar-refractivity contribution in [2.45, 2.75) is 51.9 Å². The van der Waals surface area contributed by atoms with E-state index in [0.717, 1.165) is 0 Å². The van der Waals surface area contributed by atoms with Crippen LogP contribution in [0.2, 0.25) is 0 Å². The van der Waals surface area contributed by atoms with Gasteiger partial charge in [0.2, 0.25) is 0 Å². The van der Waals surface area contributed by atoms with E-state index in [9.17, 15) is 4.79 Å². The minimum absolute atomic E-state index is 0.215. The molecular formula is C17H24O. The van der Waals surface area contributed by atoms with Gasteiger partial charge in [0, 0.05) is 5.92 Å². The molecule has 1 heteroatoms. The van der Waals surface area contributed by atoms with Crippen LogP contribution in [0.4, 0.5) is 0 Å². The highest BCUT2D eigenvalue weighted by Gasteiger charge is 2.32. The topological polar surface area (TPSA) is 17.1 Å². The zero-order valence-corrected chi connectivity index (χ0v) is 11.6. The summed E-state index contributed by atoms with van der Waals surface area (Å²) in [6, 6.07) is 10.5. The van der Waals surface area contributed by atoms with Crippen molar-refractivity contribution in [3.63, 3.8) is 0 Å². The molecule has 1 nitrogen and oxygen atoms in total. The highest BCUT2D eigenvalue weighted by Crippen LogP contribution is 2.38. The molecular weight excluding hydrogens is 220 g/mol. The van der Waals surface area contributed by atoms with Gasteiger partial charge in [0.1, 0.15) is 5.78 Å². The molecule has 18 heavy (non-hydrogen) atoms. The molecule has 98 valence electrons. The molecule has 1 aliphatic rings. The Morgan fingerprint density at radius 1 is 1.11 bits per heavy atom. The van der Waals surface area contributed by atoms with Crippen molar-refractivity contribution in [1.29, 1.82) is 0 Å². The Balaban J connectivity index is 2.16. The van der Waals surface area contributed by atoms with Gasteiger partial charge in [-0.25, -0.2) is 0 Å². The van der Waals surface area contributed by atoms with Gasteiger partial charge in [-0.15, -0.1) is 0 Å². The minimum Gasteiger partial charge on any atom is -0.300 e. The average molecular weight is 244 g/mol. The molecule has 1 aliphatic carbocycles. The van der Waals surface area contributed by atoms with E-state index >= 15 is 0 Å². The molecule has 2 atom stereocenters. The van der Waals surface area contributed by atoms with Crippen molar-refractivity contribution >= 4 is 5.78 Å². The third kappa shape index (κ3) is 3.01. The molecule has 0 radical (unpaired) electrons. The Morgan fingerprint density at radius 3 is 2.28 bits per heavy atom. The summed E-state index contributed by atoms with van der Waals surface area (Å²) in [6.07, 6.45) is 6.43. The molecule has 1 aromatic carbocycles. The maximum Gasteiger partial charge on any atom is 0.133 e. The molecule has 2 rings (SSSR count). The lowest BCUT2D eigenvalue weighted by Gasteiger charge is -2.33. The van der Waals surface area contributed by atoms with Crippen LogP contribution in [0.3, 0.4) is 0 Å². The predicted molar refractivity (Wildman–Crippen MR) is 75.6 cm³/mol. The molecule has 0 aromatic heterocycles. The number of ketones is 1. The first kappa shape index (κ1) is 13.3. The average Bonchev–Trinajstić information content (AvgIpc) is 2.40. The van der Waals surface area contributed by atoms with E-state index in [-0.39, 0.29) is 5.92 Å². The summed E-state index contributed by atoms with van der Waals surface area (Å²) in [7, 11) is 0. The van der Waals surface area contributed by atoms with Gasteiger partial charge in [0.05, 0.1) is 0 Å². The van der Waals surface area contributed by atoms with Crippen LogP contribution >= 0.6 is 0 Å². The summed E-state index contributed by atoms with van der Waals surface area (Å²) in [5, 5.41) is 0. The maximum atomic E-state index is 12.1. The first-order valence-corrected chi connectivity index (χ1v) is 7.25. The van der Waals surface area contributed by atoms with Crippen LogP contribution in [0.5, 0.6) is 0 Å². The second kappa shape index (κ2) is 6.17. The first-order valence-electron chi connectivity index (χ1n) is 7.25. The number of hydrogen-bond donors (Lipinski definition) is 0. The molecule has 0 bridgehead atoms. The van der Waals surface area contributed by atoms with Crippen LogP contribution in [0.1, 0.15) is 57.4 Å². The Labute approximate surface area is 111 Å². The van der Waals surface area contributed by atoms with Crippen molar-refractivity contribution < 1.29 is 4.79 Å². The van der Waals surface area contributed by atoms with E-state index in [4.69, 9.17) is 0 Å². The molecule has 1 saturated carbocycles. The van der Waals surface area contributed by atoms with Gasteiger partial charge in [0.15, 0.2) is 0 Å². The lowest BCUT2D eigenvalue weighted by Crippen LogP contribution is -2.28. The molecule has 0 heterocycles. The molecule has 0 spiro atoms. The lowest BCUT2D eigenvalue weighted by atomic mass is 9.71. The summed E-state index contributed by atoms with van der Waals surface area (Å²) in [6.45, 7) is 3.99. The van der Waals surface area contributed by atoms with E-state index in [1.165, 1.54) is 37.7 Å². The van der Waals surface area contributed by atoms with Gasteiger partial charge >= 0.3 is 0 Å². The molecule has 2 unspecified atom stereocenters. The van der Waals surface area contributed by atoms with E-state index in [2.05, 4.69) is 31.2 Å². The Morgan fingerprint density at radius 2 is 1.72 bits per heavy atom. The normalized spacial score (nSPS) is 20.3. The molecule has 1 aromatic rings. The molecule has 0 N–H and O–H groups in total. The summed E-state index contributed by atoms with van der Waals surface area (Å²) in [5.41, 5.74) is 1.31. The van der Waals surface area contributed by atoms with Crippen molar-refractivity contribution in [2.75, 3.05) is 0 Å². The largest absolute Gasteiger partial charge is 0.300 e. The molecule has 0 saturated heterocycles. The van der Waals surface area contributed by atoms with Crippen LogP contribution in [-0.2, 0) is 4.79 Å². The highest BCUT2D eigenvalue weighted by molar-refractivity contribution is 5.79. The van der Waals surface area contributed by atoms with E-state index < -0.39 is 0 Å². The molecule has 0 amide bonds. The number of carbonyl (C=O) groups excluding carboxylic acids is 1. The van der Waals surface area contributed by atoms with Gasteiger partial charge in [0.25, 0.3) is 0 Å². The number of rotatable bonds is 4. The number of carbonyl (C=O) groups is 1. The smallest absolute Gasteiger partial charge is 0.133 e. The first-order chi connectivity index (χ1) is 8.70. The van der Waals surface area contributed by atoms with Gasteiger partial charge in [-0.05, 0) is 37.2 Å². The zero-order chi connectivity index (χ0) is 13.0. The Kier molecular flexibility index (Phi) is 4.57. The number of hydrogen-bond acceptors (Lipinski definition) is 1. The van der Waals surface area contributed by atoms with Crippen molar-refractivity contribution in [2.24, 2.45) is 11.8 Å². The number of benzene rings is 1. The standard InChI is InChI=1S/C17H24O/c1-13(15-9-5-3-6-10-15)17(14(2)18)16-11-7-4-8-12-16/h3,5-6,9-10,13,16-17H,4,7-8,11-12H2,1-2H3. The molecule has 0 aliphatic heterocycles. The van der Waals surface area contributed by atoms with Crippen molar-refractivity contribution in [3.8, 4) is 0 Å². The summed E-state index contributed by atoms with van der Waals surface area (Å²) in [5.74, 6) is 1.55. The lowest BCUT2D eigenvalue weighted by molar-refractivity contribution is -0.123. The van der Waals surface area contributed by atoms with Crippen LogP contribution in [0.15, 0.2) is 30.3 Å². The van der Waals surface area contributed by atoms with Gasteiger partial charge < -0.3 is 0 Å². The van der Waals surface area contributed by atoms with E-state index in [1.807, 2.05) is 6.07 Å². The minimum atomic E-state index is 0.215. The van der Waals surface area contributed by atoms with Gasteiger partial charge in [-0.3, -0.25) is 4.79 Å². The second-order valence-electron chi connectivity index (χ2n) is 5.73. The second-order valence-corrected chi connectivity index (χ2v) is 5.73. The highest BCUT2D eigenvalue weighted by atomic mass is 16.1. The monoisotopic (exact) mass is 244 g/mol. The fourth-order valence-corrected chi connectivity index (χ4v) is 3.55. The van der Waals surface area contributed by atoms with Crippen molar-refractivity contribution in [3.05, 3.63) is 35.9 Å². The predicted octanol–water partition coefficient (Wildman–Crippen LogP) is 4.58. The van der Waals surface area contributed by atoms with E-state index in [0.29, 0.717) is 17.6 Å². The summed E-state index contributed by atoms with van der Waals surface area (Å²) in [4.78, 5) is 12.1. The quantitative estimate of drug-likeness (QED) is 0.758. The zero-order valence-electron chi connectivity index (χ0n) is 11.6. The fraction of sp³-hybridized carbons (Fsp3) is 0.588. The van der Waals surface area contributed by atoms with Crippen LogP contribution in [0.25, 0.3) is 0 Å². The van der Waals surface area contributed by atoms with Gasteiger partial charge in [-0.1, -0.05) is 56.5 Å². The third-order valence-electron chi connectivity index (χ3n) is 4.49. The van der Waals surface area contributed by atoms with Crippen LogP contribution in [-0.4, -0.2) is 5.78 Å².